The lowest BCUT2D eigenvalue weighted by Gasteiger charge is -2.22. The maximum atomic E-state index is 11.7. The smallest absolute Gasteiger partial charge is 0.202 e. The summed E-state index contributed by atoms with van der Waals surface area (Å²) in [4.78, 5) is 15.7. The zero-order chi connectivity index (χ0) is 9.26. The topological polar surface area (TPSA) is 47.8 Å². The van der Waals surface area contributed by atoms with Gasteiger partial charge in [-0.3, -0.25) is 4.79 Å². The van der Waals surface area contributed by atoms with E-state index < -0.39 is 0 Å². The number of carbonyl (C=O) groups is 1. The summed E-state index contributed by atoms with van der Waals surface area (Å²) < 4.78 is 1.67. The second-order valence-corrected chi connectivity index (χ2v) is 3.39. The number of nitrogens with zero attached hydrogens (tertiary/aromatic N) is 3. The van der Waals surface area contributed by atoms with Crippen molar-refractivity contribution in [1.82, 2.24) is 14.8 Å². The first-order valence-electron chi connectivity index (χ1n) is 4.75. The van der Waals surface area contributed by atoms with Crippen molar-refractivity contribution in [1.29, 1.82) is 0 Å². The van der Waals surface area contributed by atoms with Gasteiger partial charge in [0.1, 0.15) is 6.33 Å². The van der Waals surface area contributed by atoms with Crippen LogP contribution in [0.1, 0.15) is 36.8 Å². The van der Waals surface area contributed by atoms with Crippen molar-refractivity contribution in [2.45, 2.75) is 32.7 Å². The molecule has 13 heavy (non-hydrogen) atoms. The molecule has 0 aromatic carbocycles. The van der Waals surface area contributed by atoms with Gasteiger partial charge in [-0.25, -0.2) is 9.67 Å². The van der Waals surface area contributed by atoms with Gasteiger partial charge in [-0.15, -0.1) is 0 Å². The minimum absolute atomic E-state index is 0.172. The lowest BCUT2D eigenvalue weighted by Crippen LogP contribution is -2.25. The first-order chi connectivity index (χ1) is 6.33. The average molecular weight is 179 g/mol. The molecule has 2 rings (SSSR count). The van der Waals surface area contributed by atoms with Crippen molar-refractivity contribution < 1.29 is 4.79 Å². The third kappa shape index (κ3) is 1.36. The van der Waals surface area contributed by atoms with Crippen molar-refractivity contribution >= 4 is 5.78 Å². The number of rotatable bonds is 3. The average Bonchev–Trinajstić information content (AvgIpc) is 2.47. The highest BCUT2D eigenvalue weighted by atomic mass is 16.1. The van der Waals surface area contributed by atoms with Gasteiger partial charge in [0.15, 0.2) is 5.82 Å². The number of hydrogen-bond acceptors (Lipinski definition) is 3. The molecule has 0 saturated heterocycles. The van der Waals surface area contributed by atoms with E-state index in [1.165, 1.54) is 12.7 Å². The normalized spacial score (nSPS) is 17.0. The van der Waals surface area contributed by atoms with Gasteiger partial charge in [0, 0.05) is 12.5 Å². The molecule has 1 aromatic heterocycles. The highest BCUT2D eigenvalue weighted by Gasteiger charge is 2.29. The molecule has 0 N–H and O–H groups in total. The monoisotopic (exact) mass is 179 g/mol. The molecule has 1 aliphatic carbocycles. The molecule has 0 unspecified atom stereocenters. The molecule has 0 bridgehead atoms. The lowest BCUT2D eigenvalue weighted by atomic mass is 9.82. The molecule has 4 heteroatoms. The summed E-state index contributed by atoms with van der Waals surface area (Å²) in [5, 5.41) is 3.98. The quantitative estimate of drug-likeness (QED) is 0.657. The molecule has 1 saturated carbocycles. The first kappa shape index (κ1) is 8.41. The fourth-order valence-electron chi connectivity index (χ4n) is 1.54. The minimum Gasteiger partial charge on any atom is -0.290 e. The zero-order valence-corrected chi connectivity index (χ0v) is 7.73. The predicted octanol–water partition coefficient (Wildman–Crippen LogP) is 1.28. The van der Waals surface area contributed by atoms with Crippen LogP contribution in [0.15, 0.2) is 6.33 Å². The number of hydrogen-bond donors (Lipinski definition) is 0. The zero-order valence-electron chi connectivity index (χ0n) is 7.73. The predicted molar refractivity (Wildman–Crippen MR) is 47.4 cm³/mol. The summed E-state index contributed by atoms with van der Waals surface area (Å²) in [6, 6.07) is 0. The number of carbonyl (C=O) groups excluding carboxylic acids is 1. The lowest BCUT2D eigenvalue weighted by molar-refractivity contribution is 0.0838. The summed E-state index contributed by atoms with van der Waals surface area (Å²) in [6.45, 7) is 2.68. The van der Waals surface area contributed by atoms with E-state index in [-0.39, 0.29) is 11.7 Å². The van der Waals surface area contributed by atoms with Crippen molar-refractivity contribution in [2.75, 3.05) is 0 Å². The maximum Gasteiger partial charge on any atom is 0.202 e. The molecule has 0 amide bonds. The van der Waals surface area contributed by atoms with Crippen LogP contribution in [0.25, 0.3) is 0 Å². The molecule has 0 spiro atoms. The Hall–Kier alpha value is -1.19. The van der Waals surface area contributed by atoms with E-state index in [1.54, 1.807) is 4.68 Å². The Labute approximate surface area is 77.0 Å². The van der Waals surface area contributed by atoms with Crippen LogP contribution in [-0.2, 0) is 6.54 Å². The van der Waals surface area contributed by atoms with Crippen LogP contribution in [-0.4, -0.2) is 20.5 Å². The van der Waals surface area contributed by atoms with Crippen molar-refractivity contribution in [3.63, 3.8) is 0 Å². The van der Waals surface area contributed by atoms with E-state index in [2.05, 4.69) is 10.1 Å². The number of aryl methyl sites for hydroxylation is 1. The summed E-state index contributed by atoms with van der Waals surface area (Å²) in [6.07, 6.45) is 4.68. The molecule has 4 nitrogen and oxygen atoms in total. The third-order valence-electron chi connectivity index (χ3n) is 2.61. The van der Waals surface area contributed by atoms with E-state index >= 15 is 0 Å². The van der Waals surface area contributed by atoms with Gasteiger partial charge in [-0.1, -0.05) is 6.42 Å². The molecular formula is C9H13N3O. The van der Waals surface area contributed by atoms with Crippen LogP contribution in [0.5, 0.6) is 0 Å². The summed E-state index contributed by atoms with van der Waals surface area (Å²) in [5.41, 5.74) is 0. The highest BCUT2D eigenvalue weighted by Crippen LogP contribution is 2.29. The van der Waals surface area contributed by atoms with Gasteiger partial charge in [0.25, 0.3) is 0 Å². The van der Waals surface area contributed by atoms with Crippen LogP contribution < -0.4 is 0 Å². The van der Waals surface area contributed by atoms with Crippen LogP contribution in [0, 0.1) is 5.92 Å². The third-order valence-corrected chi connectivity index (χ3v) is 2.61. The fraction of sp³-hybridized carbons (Fsp3) is 0.667. The van der Waals surface area contributed by atoms with E-state index in [0.29, 0.717) is 12.4 Å². The van der Waals surface area contributed by atoms with Crippen molar-refractivity contribution in [3.8, 4) is 0 Å². The molecule has 0 aliphatic heterocycles. The van der Waals surface area contributed by atoms with Crippen molar-refractivity contribution in [2.24, 2.45) is 5.92 Å². The molecule has 1 aromatic rings. The van der Waals surface area contributed by atoms with Gasteiger partial charge >= 0.3 is 0 Å². The van der Waals surface area contributed by atoms with Crippen LogP contribution >= 0.6 is 0 Å². The SMILES string of the molecule is CCn1ncnc1C(=O)C1CCC1. The van der Waals surface area contributed by atoms with Crippen LogP contribution in [0.4, 0.5) is 0 Å². The Bertz CT molecular complexity index is 314. The van der Waals surface area contributed by atoms with E-state index in [4.69, 9.17) is 0 Å². The van der Waals surface area contributed by atoms with Crippen LogP contribution in [0.3, 0.4) is 0 Å². The Morgan fingerprint density at radius 2 is 2.46 bits per heavy atom. The molecule has 0 atom stereocenters. The van der Waals surface area contributed by atoms with E-state index in [0.717, 1.165) is 12.8 Å². The van der Waals surface area contributed by atoms with Gasteiger partial charge in [-0.2, -0.15) is 5.10 Å². The second-order valence-electron chi connectivity index (χ2n) is 3.39. The van der Waals surface area contributed by atoms with Gasteiger partial charge in [0.2, 0.25) is 5.78 Å². The number of Topliss-reactive ketones (excluding diaryl/α,β-unsaturated/α-hetero) is 1. The summed E-state index contributed by atoms with van der Waals surface area (Å²) >= 11 is 0. The summed E-state index contributed by atoms with van der Waals surface area (Å²) in [5.74, 6) is 0.923. The maximum absolute atomic E-state index is 11.7. The fourth-order valence-corrected chi connectivity index (χ4v) is 1.54. The van der Waals surface area contributed by atoms with Gasteiger partial charge in [0.05, 0.1) is 0 Å². The van der Waals surface area contributed by atoms with E-state index in [1.807, 2.05) is 6.92 Å². The Kier molecular flexibility index (Phi) is 2.12. The molecule has 1 aliphatic rings. The Morgan fingerprint density at radius 3 is 3.00 bits per heavy atom. The Balaban J connectivity index is 2.18. The molecule has 0 radical (unpaired) electrons. The molecule has 1 fully saturated rings. The standard InChI is InChI=1S/C9H13N3O/c1-2-12-9(10-6-11-12)8(13)7-4-3-5-7/h6-7H,2-5H2,1H3. The highest BCUT2D eigenvalue weighted by molar-refractivity contribution is 5.95. The van der Waals surface area contributed by atoms with Gasteiger partial charge in [-0.05, 0) is 19.8 Å². The minimum atomic E-state index is 0.172. The number of ketones is 1. The van der Waals surface area contributed by atoms with Crippen LogP contribution in [0.2, 0.25) is 0 Å². The van der Waals surface area contributed by atoms with Gasteiger partial charge < -0.3 is 0 Å². The molecule has 1 heterocycles. The summed E-state index contributed by atoms with van der Waals surface area (Å²) in [7, 11) is 0. The van der Waals surface area contributed by atoms with E-state index in [9.17, 15) is 4.79 Å². The number of aromatic nitrogens is 3. The molecular weight excluding hydrogens is 166 g/mol. The first-order valence-corrected chi connectivity index (χ1v) is 4.75. The van der Waals surface area contributed by atoms with Crippen molar-refractivity contribution in [3.05, 3.63) is 12.2 Å². The largest absolute Gasteiger partial charge is 0.290 e. The Morgan fingerprint density at radius 1 is 1.69 bits per heavy atom. The second kappa shape index (κ2) is 3.28. The molecule has 70 valence electrons.